The maximum absolute atomic E-state index is 5.83. The summed E-state index contributed by atoms with van der Waals surface area (Å²) in [6.45, 7) is 4.02. The summed E-state index contributed by atoms with van der Waals surface area (Å²) in [7, 11) is 0. The molecule has 1 aliphatic carbocycles. The fourth-order valence-corrected chi connectivity index (χ4v) is 2.98. The highest BCUT2D eigenvalue weighted by Crippen LogP contribution is 2.32. The molecule has 1 aromatic heterocycles. The van der Waals surface area contributed by atoms with Crippen molar-refractivity contribution in [2.24, 2.45) is 11.7 Å². The van der Waals surface area contributed by atoms with Crippen molar-refractivity contribution in [1.82, 2.24) is 5.32 Å². The third-order valence-corrected chi connectivity index (χ3v) is 4.59. The van der Waals surface area contributed by atoms with E-state index in [1.165, 1.54) is 29.0 Å². The number of nitrogens with one attached hydrogen (secondary N) is 1. The first-order chi connectivity index (χ1) is 7.83. The quantitative estimate of drug-likeness (QED) is 0.766. The summed E-state index contributed by atoms with van der Waals surface area (Å²) in [5.41, 5.74) is 5.83. The van der Waals surface area contributed by atoms with Crippen molar-refractivity contribution in [3.8, 4) is 0 Å². The minimum absolute atomic E-state index is 0.365. The molecule has 1 fully saturated rings. The number of rotatable bonds is 7. The predicted molar refractivity (Wildman–Crippen MR) is 70.8 cm³/mol. The van der Waals surface area contributed by atoms with Gasteiger partial charge in [-0.05, 0) is 37.4 Å². The van der Waals surface area contributed by atoms with Gasteiger partial charge in [-0.25, -0.2) is 0 Å². The fraction of sp³-hybridized carbons (Fsp3) is 0.692. The standard InChI is InChI=1S/C13H22N2S/c1-2-11-5-6-13(16-11)12(9-14)15-8-7-10-3-4-10/h5-6,10,12,15H,2-4,7-9,14H2,1H3. The Kier molecular flexibility index (Phi) is 4.38. The second-order valence-electron chi connectivity index (χ2n) is 4.63. The lowest BCUT2D eigenvalue weighted by Crippen LogP contribution is -2.28. The van der Waals surface area contributed by atoms with E-state index >= 15 is 0 Å². The molecule has 1 heterocycles. The van der Waals surface area contributed by atoms with Crippen LogP contribution in [0.5, 0.6) is 0 Å². The maximum atomic E-state index is 5.83. The Morgan fingerprint density at radius 2 is 2.31 bits per heavy atom. The van der Waals surface area contributed by atoms with Gasteiger partial charge in [-0.3, -0.25) is 0 Å². The van der Waals surface area contributed by atoms with E-state index in [1.807, 2.05) is 11.3 Å². The van der Waals surface area contributed by atoms with E-state index < -0.39 is 0 Å². The topological polar surface area (TPSA) is 38.0 Å². The average molecular weight is 238 g/mol. The number of aryl methyl sites for hydroxylation is 1. The molecule has 2 nitrogen and oxygen atoms in total. The molecule has 0 radical (unpaired) electrons. The third-order valence-electron chi connectivity index (χ3n) is 3.25. The molecule has 0 bridgehead atoms. The van der Waals surface area contributed by atoms with E-state index in [1.54, 1.807) is 0 Å². The molecular formula is C13H22N2S. The molecule has 0 aliphatic heterocycles. The maximum Gasteiger partial charge on any atom is 0.0539 e. The number of nitrogens with two attached hydrogens (primary N) is 1. The van der Waals surface area contributed by atoms with Gasteiger partial charge < -0.3 is 11.1 Å². The van der Waals surface area contributed by atoms with Crippen molar-refractivity contribution in [3.63, 3.8) is 0 Å². The molecule has 2 rings (SSSR count). The molecule has 1 saturated carbocycles. The molecule has 1 aliphatic rings. The van der Waals surface area contributed by atoms with Gasteiger partial charge in [0.05, 0.1) is 6.04 Å². The van der Waals surface area contributed by atoms with E-state index in [-0.39, 0.29) is 0 Å². The van der Waals surface area contributed by atoms with Crippen LogP contribution in [-0.4, -0.2) is 13.1 Å². The van der Waals surface area contributed by atoms with Crippen LogP contribution in [0.1, 0.15) is 42.0 Å². The van der Waals surface area contributed by atoms with Gasteiger partial charge in [0.25, 0.3) is 0 Å². The second-order valence-corrected chi connectivity index (χ2v) is 5.83. The average Bonchev–Trinajstić information content (AvgIpc) is 3.01. The molecule has 0 spiro atoms. The Balaban J connectivity index is 1.82. The Morgan fingerprint density at radius 3 is 2.88 bits per heavy atom. The highest BCUT2D eigenvalue weighted by Gasteiger charge is 2.21. The van der Waals surface area contributed by atoms with Crippen LogP contribution in [0.25, 0.3) is 0 Å². The van der Waals surface area contributed by atoms with E-state index in [2.05, 4.69) is 24.4 Å². The molecule has 1 unspecified atom stereocenters. The van der Waals surface area contributed by atoms with Crippen molar-refractivity contribution in [2.45, 2.75) is 38.6 Å². The molecule has 1 atom stereocenters. The molecule has 0 aromatic carbocycles. The Labute approximate surface area is 102 Å². The van der Waals surface area contributed by atoms with Crippen molar-refractivity contribution in [3.05, 3.63) is 21.9 Å². The minimum atomic E-state index is 0.365. The lowest BCUT2D eigenvalue weighted by atomic mass is 10.2. The minimum Gasteiger partial charge on any atom is -0.329 e. The van der Waals surface area contributed by atoms with Crippen molar-refractivity contribution < 1.29 is 0 Å². The smallest absolute Gasteiger partial charge is 0.0539 e. The van der Waals surface area contributed by atoms with Gasteiger partial charge >= 0.3 is 0 Å². The van der Waals surface area contributed by atoms with Crippen LogP contribution >= 0.6 is 11.3 Å². The van der Waals surface area contributed by atoms with Crippen molar-refractivity contribution in [1.29, 1.82) is 0 Å². The first-order valence-corrected chi connectivity index (χ1v) is 7.17. The second kappa shape index (κ2) is 5.80. The Morgan fingerprint density at radius 1 is 1.50 bits per heavy atom. The van der Waals surface area contributed by atoms with Gasteiger partial charge in [0.15, 0.2) is 0 Å². The van der Waals surface area contributed by atoms with Crippen LogP contribution in [0.2, 0.25) is 0 Å². The van der Waals surface area contributed by atoms with Gasteiger partial charge in [-0.2, -0.15) is 0 Å². The molecule has 3 heteroatoms. The normalized spacial score (nSPS) is 17.6. The molecule has 0 saturated heterocycles. The van der Waals surface area contributed by atoms with Gasteiger partial charge in [0.2, 0.25) is 0 Å². The molecule has 16 heavy (non-hydrogen) atoms. The summed E-state index contributed by atoms with van der Waals surface area (Å²) >= 11 is 1.90. The van der Waals surface area contributed by atoms with Crippen LogP contribution in [0.15, 0.2) is 12.1 Å². The zero-order chi connectivity index (χ0) is 11.4. The SMILES string of the molecule is CCc1ccc(C(CN)NCCC2CC2)s1. The lowest BCUT2D eigenvalue weighted by Gasteiger charge is -2.15. The van der Waals surface area contributed by atoms with E-state index in [9.17, 15) is 0 Å². The summed E-state index contributed by atoms with van der Waals surface area (Å²) in [6, 6.07) is 4.82. The first-order valence-electron chi connectivity index (χ1n) is 6.35. The van der Waals surface area contributed by atoms with E-state index in [0.29, 0.717) is 12.6 Å². The van der Waals surface area contributed by atoms with Crippen LogP contribution in [0.4, 0.5) is 0 Å². The van der Waals surface area contributed by atoms with E-state index in [0.717, 1.165) is 18.9 Å². The molecule has 90 valence electrons. The summed E-state index contributed by atoms with van der Waals surface area (Å²) < 4.78 is 0. The van der Waals surface area contributed by atoms with Crippen molar-refractivity contribution >= 4 is 11.3 Å². The predicted octanol–water partition coefficient (Wildman–Crippen LogP) is 2.70. The number of hydrogen-bond donors (Lipinski definition) is 2. The summed E-state index contributed by atoms with van der Waals surface area (Å²) in [5, 5.41) is 3.58. The fourth-order valence-electron chi connectivity index (χ4n) is 1.94. The largest absolute Gasteiger partial charge is 0.329 e. The zero-order valence-electron chi connectivity index (χ0n) is 10.0. The Bertz CT molecular complexity index is 317. The molecule has 1 aromatic rings. The van der Waals surface area contributed by atoms with Gasteiger partial charge in [0, 0.05) is 16.3 Å². The number of hydrogen-bond acceptors (Lipinski definition) is 3. The van der Waals surface area contributed by atoms with Gasteiger partial charge in [-0.1, -0.05) is 19.8 Å². The van der Waals surface area contributed by atoms with Gasteiger partial charge in [0.1, 0.15) is 0 Å². The van der Waals surface area contributed by atoms with Crippen LogP contribution < -0.4 is 11.1 Å². The number of thiophene rings is 1. The lowest BCUT2D eigenvalue weighted by molar-refractivity contribution is 0.522. The summed E-state index contributed by atoms with van der Waals surface area (Å²) in [5.74, 6) is 1.00. The van der Waals surface area contributed by atoms with Crippen LogP contribution in [0.3, 0.4) is 0 Å². The Hall–Kier alpha value is -0.380. The van der Waals surface area contributed by atoms with Crippen molar-refractivity contribution in [2.75, 3.05) is 13.1 Å². The third kappa shape index (κ3) is 3.30. The molecule has 3 N–H and O–H groups in total. The molecule has 0 amide bonds. The highest BCUT2D eigenvalue weighted by atomic mass is 32.1. The van der Waals surface area contributed by atoms with Gasteiger partial charge in [-0.15, -0.1) is 11.3 Å². The zero-order valence-corrected chi connectivity index (χ0v) is 10.9. The van der Waals surface area contributed by atoms with Crippen LogP contribution in [0, 0.1) is 5.92 Å². The molecular weight excluding hydrogens is 216 g/mol. The highest BCUT2D eigenvalue weighted by molar-refractivity contribution is 7.12. The summed E-state index contributed by atoms with van der Waals surface area (Å²) in [6.07, 6.45) is 5.33. The monoisotopic (exact) mass is 238 g/mol. The van der Waals surface area contributed by atoms with E-state index in [4.69, 9.17) is 5.73 Å². The summed E-state index contributed by atoms with van der Waals surface area (Å²) in [4.78, 5) is 2.85. The van der Waals surface area contributed by atoms with Crippen LogP contribution in [-0.2, 0) is 6.42 Å². The first kappa shape index (κ1) is 12.1.